The fourth-order valence-electron chi connectivity index (χ4n) is 4.63. The lowest BCUT2D eigenvalue weighted by molar-refractivity contribution is -0.134. The number of fused-ring (bicyclic) bond motifs is 1. The van der Waals surface area contributed by atoms with Crippen LogP contribution in [0, 0.1) is 0 Å². The van der Waals surface area contributed by atoms with Gasteiger partial charge in [0.2, 0.25) is 5.91 Å². The molecular formula is C22H28N2O3S. The molecule has 1 saturated heterocycles. The predicted octanol–water partition coefficient (Wildman–Crippen LogP) is 3.60. The number of rotatable bonds is 5. The van der Waals surface area contributed by atoms with Gasteiger partial charge in [-0.05, 0) is 42.2 Å². The van der Waals surface area contributed by atoms with E-state index in [1.165, 1.54) is 11.8 Å². The Labute approximate surface area is 167 Å². The summed E-state index contributed by atoms with van der Waals surface area (Å²) in [7, 11) is -3.02. The molecule has 1 N–H and O–H groups in total. The Bertz CT molecular complexity index is 951. The minimum atomic E-state index is -3.02. The van der Waals surface area contributed by atoms with E-state index in [4.69, 9.17) is 0 Å². The van der Waals surface area contributed by atoms with Gasteiger partial charge in [0.25, 0.3) is 0 Å². The first-order valence-corrected chi connectivity index (χ1v) is 12.1. The van der Waals surface area contributed by atoms with Crippen molar-refractivity contribution in [2.24, 2.45) is 0 Å². The second kappa shape index (κ2) is 8.11. The molecule has 2 aromatic rings. The van der Waals surface area contributed by atoms with Crippen molar-refractivity contribution in [1.29, 1.82) is 0 Å². The Hall–Kier alpha value is -2.08. The maximum Gasteiger partial charge on any atom is 0.242 e. The van der Waals surface area contributed by atoms with Gasteiger partial charge in [-0.2, -0.15) is 0 Å². The van der Waals surface area contributed by atoms with Gasteiger partial charge < -0.3 is 10.2 Å². The first-order valence-electron chi connectivity index (χ1n) is 10.3. The molecule has 5 nitrogen and oxygen atoms in total. The number of benzene rings is 2. The van der Waals surface area contributed by atoms with E-state index < -0.39 is 9.84 Å². The summed E-state index contributed by atoms with van der Waals surface area (Å²) in [5.74, 6) is 0.333. The van der Waals surface area contributed by atoms with Crippen molar-refractivity contribution in [3.8, 4) is 0 Å². The lowest BCUT2D eigenvalue weighted by atomic mass is 9.93. The van der Waals surface area contributed by atoms with E-state index >= 15 is 0 Å². The molecule has 0 aromatic heterocycles. The number of carbonyl (C=O) groups excluding carboxylic acids is 1. The van der Waals surface area contributed by atoms with Crippen molar-refractivity contribution in [3.63, 3.8) is 0 Å². The van der Waals surface area contributed by atoms with Gasteiger partial charge in [-0.3, -0.25) is 4.79 Å². The summed E-state index contributed by atoms with van der Waals surface area (Å²) in [5, 5.41) is 5.56. The molecule has 2 aromatic carbocycles. The highest BCUT2D eigenvalue weighted by Crippen LogP contribution is 2.28. The van der Waals surface area contributed by atoms with Crippen molar-refractivity contribution in [3.05, 3.63) is 42.5 Å². The average Bonchev–Trinajstić information content (AvgIpc) is 3.06. The van der Waals surface area contributed by atoms with Gasteiger partial charge in [0.15, 0.2) is 9.84 Å². The van der Waals surface area contributed by atoms with E-state index in [9.17, 15) is 13.2 Å². The molecule has 150 valence electrons. The number of anilines is 1. The summed E-state index contributed by atoms with van der Waals surface area (Å²) >= 11 is 0. The van der Waals surface area contributed by atoms with E-state index in [0.29, 0.717) is 6.42 Å². The van der Waals surface area contributed by atoms with Gasteiger partial charge in [-0.25, -0.2) is 8.42 Å². The van der Waals surface area contributed by atoms with E-state index in [0.717, 1.165) is 36.8 Å². The molecule has 1 saturated carbocycles. The minimum Gasteiger partial charge on any atom is -0.376 e. The highest BCUT2D eigenvalue weighted by Gasteiger charge is 2.38. The zero-order valence-corrected chi connectivity index (χ0v) is 17.0. The van der Waals surface area contributed by atoms with Gasteiger partial charge in [-0.1, -0.05) is 49.6 Å². The number of hydrogen-bond donors (Lipinski definition) is 1. The third-order valence-electron chi connectivity index (χ3n) is 6.05. The molecule has 2 fully saturated rings. The molecule has 4 rings (SSSR count). The molecular weight excluding hydrogens is 372 g/mol. The monoisotopic (exact) mass is 400 g/mol. The van der Waals surface area contributed by atoms with Crippen LogP contribution < -0.4 is 5.32 Å². The van der Waals surface area contributed by atoms with Crippen molar-refractivity contribution >= 4 is 32.2 Å². The molecule has 28 heavy (non-hydrogen) atoms. The van der Waals surface area contributed by atoms with Crippen molar-refractivity contribution < 1.29 is 13.2 Å². The third kappa shape index (κ3) is 4.32. The van der Waals surface area contributed by atoms with Crippen LogP contribution in [0.5, 0.6) is 0 Å². The molecule has 1 aliphatic carbocycles. The number of hydrogen-bond acceptors (Lipinski definition) is 4. The second-order valence-corrected chi connectivity index (χ2v) is 10.3. The van der Waals surface area contributed by atoms with Crippen LogP contribution in [0.15, 0.2) is 42.5 Å². The molecule has 0 bridgehead atoms. The van der Waals surface area contributed by atoms with Gasteiger partial charge in [0.05, 0.1) is 18.1 Å². The summed E-state index contributed by atoms with van der Waals surface area (Å²) in [6.07, 6.45) is 5.98. The fourth-order valence-corrected chi connectivity index (χ4v) is 6.34. The third-order valence-corrected chi connectivity index (χ3v) is 7.80. The van der Waals surface area contributed by atoms with Crippen LogP contribution in [0.1, 0.15) is 38.5 Å². The Kier molecular flexibility index (Phi) is 5.58. The van der Waals surface area contributed by atoms with Gasteiger partial charge in [0, 0.05) is 17.8 Å². The number of amides is 1. The molecule has 6 heteroatoms. The van der Waals surface area contributed by atoms with E-state index in [1.807, 2.05) is 35.2 Å². The maximum atomic E-state index is 13.1. The lowest BCUT2D eigenvalue weighted by Crippen LogP contribution is -2.50. The van der Waals surface area contributed by atoms with Crippen LogP contribution in [0.2, 0.25) is 0 Å². The Balaban J connectivity index is 1.48. The topological polar surface area (TPSA) is 66.5 Å². The summed E-state index contributed by atoms with van der Waals surface area (Å²) < 4.78 is 24.0. The highest BCUT2D eigenvalue weighted by atomic mass is 32.2. The van der Waals surface area contributed by atoms with Gasteiger partial charge in [0.1, 0.15) is 0 Å². The zero-order chi connectivity index (χ0) is 19.6. The molecule has 1 aliphatic heterocycles. The standard InChI is InChI=1S/C22H28N2O3S/c25-22(15-23-19-11-10-17-6-4-5-7-18(17)14-19)24(20-8-2-1-3-9-20)21-12-13-28(26,27)16-21/h4-7,10-11,14,20-21,23H,1-3,8-9,12-13,15-16H2. The minimum absolute atomic E-state index is 0.0159. The van der Waals surface area contributed by atoms with Crippen LogP contribution in [-0.4, -0.2) is 49.4 Å². The predicted molar refractivity (Wildman–Crippen MR) is 113 cm³/mol. The van der Waals surface area contributed by atoms with Crippen LogP contribution in [0.25, 0.3) is 10.8 Å². The second-order valence-electron chi connectivity index (χ2n) is 8.07. The van der Waals surface area contributed by atoms with Crippen LogP contribution >= 0.6 is 0 Å². The zero-order valence-electron chi connectivity index (χ0n) is 16.1. The summed E-state index contributed by atoms with van der Waals surface area (Å²) in [6.45, 7) is 0.200. The molecule has 1 atom stereocenters. The number of nitrogens with zero attached hydrogens (tertiary/aromatic N) is 1. The van der Waals surface area contributed by atoms with Crippen molar-refractivity contribution in [2.45, 2.75) is 50.6 Å². The lowest BCUT2D eigenvalue weighted by Gasteiger charge is -2.38. The SMILES string of the molecule is O=C(CNc1ccc2ccccc2c1)N(C1CCCCC1)C1CCS(=O)(=O)C1. The van der Waals surface area contributed by atoms with Crippen LogP contribution in [0.4, 0.5) is 5.69 Å². The van der Waals surface area contributed by atoms with Gasteiger partial charge in [-0.15, -0.1) is 0 Å². The number of carbonyl (C=O) groups is 1. The summed E-state index contributed by atoms with van der Waals surface area (Å²) in [6, 6.07) is 14.2. The molecule has 1 heterocycles. The molecule has 1 unspecified atom stereocenters. The fraction of sp³-hybridized carbons (Fsp3) is 0.500. The molecule has 0 spiro atoms. The van der Waals surface area contributed by atoms with Crippen molar-refractivity contribution in [2.75, 3.05) is 23.4 Å². The Morgan fingerprint density at radius 1 is 0.964 bits per heavy atom. The quantitative estimate of drug-likeness (QED) is 0.833. The normalized spacial score (nSPS) is 22.2. The number of nitrogens with one attached hydrogen (secondary N) is 1. The highest BCUT2D eigenvalue weighted by molar-refractivity contribution is 7.91. The summed E-state index contributed by atoms with van der Waals surface area (Å²) in [5.41, 5.74) is 0.912. The van der Waals surface area contributed by atoms with Crippen molar-refractivity contribution in [1.82, 2.24) is 4.90 Å². The largest absolute Gasteiger partial charge is 0.376 e. The van der Waals surface area contributed by atoms with E-state index in [2.05, 4.69) is 17.4 Å². The van der Waals surface area contributed by atoms with Crippen LogP contribution in [-0.2, 0) is 14.6 Å². The average molecular weight is 401 g/mol. The van der Waals surface area contributed by atoms with E-state index in [-0.39, 0.29) is 36.0 Å². The first-order chi connectivity index (χ1) is 13.5. The van der Waals surface area contributed by atoms with Gasteiger partial charge >= 0.3 is 0 Å². The molecule has 0 radical (unpaired) electrons. The molecule has 1 amide bonds. The smallest absolute Gasteiger partial charge is 0.242 e. The molecule has 2 aliphatic rings. The Morgan fingerprint density at radius 3 is 2.43 bits per heavy atom. The summed E-state index contributed by atoms with van der Waals surface area (Å²) in [4.78, 5) is 15.1. The van der Waals surface area contributed by atoms with Crippen LogP contribution in [0.3, 0.4) is 0 Å². The Morgan fingerprint density at radius 2 is 1.71 bits per heavy atom. The maximum absolute atomic E-state index is 13.1. The number of sulfone groups is 1. The van der Waals surface area contributed by atoms with E-state index in [1.54, 1.807) is 0 Å². The first kappa shape index (κ1) is 19.2.